The molecule has 31 heavy (non-hydrogen) atoms. The van der Waals surface area contributed by atoms with Crippen LogP contribution >= 0.6 is 0 Å². The predicted octanol–water partition coefficient (Wildman–Crippen LogP) is 5.13. The molecule has 0 radical (unpaired) electrons. The average Bonchev–Trinajstić information content (AvgIpc) is 3.02. The molecule has 4 aliphatic rings. The molecule has 2 aromatic rings. The fraction of sp³-hybridized carbons (Fsp3) is 0.654. The summed E-state index contributed by atoms with van der Waals surface area (Å²) >= 11 is 0. The maximum Gasteiger partial charge on any atom is 0.223 e. The number of aromatic amines is 1. The molecule has 2 saturated carbocycles. The summed E-state index contributed by atoms with van der Waals surface area (Å²) < 4.78 is 6.07. The van der Waals surface area contributed by atoms with Gasteiger partial charge in [0.05, 0.1) is 11.7 Å². The molecule has 0 spiro atoms. The number of nitrogens with one attached hydrogen (secondary N) is 1. The van der Waals surface area contributed by atoms with Crippen LogP contribution in [0.3, 0.4) is 0 Å². The number of aliphatic hydroxyl groups is 1. The molecule has 5 atom stereocenters. The first kappa shape index (κ1) is 20.9. The van der Waals surface area contributed by atoms with Crippen LogP contribution in [0.5, 0.6) is 5.75 Å². The Morgan fingerprint density at radius 2 is 2.03 bits per heavy atom. The Morgan fingerprint density at radius 1 is 1.26 bits per heavy atom. The smallest absolute Gasteiger partial charge is 0.223 e. The molecule has 5 heteroatoms. The van der Waals surface area contributed by atoms with Crippen molar-refractivity contribution in [2.24, 2.45) is 5.41 Å². The van der Waals surface area contributed by atoms with Crippen molar-refractivity contribution in [1.82, 2.24) is 9.88 Å². The number of nitrogens with zero attached hydrogens (tertiary/aromatic N) is 1. The van der Waals surface area contributed by atoms with E-state index in [1.807, 2.05) is 32.2 Å². The SMILES string of the molecule is CC(C)Oc1cccc2[nH]cc(C(C)CC(=O)N3C4CCC5(O)CC3CC(C)(C4)C5)c12. The summed E-state index contributed by atoms with van der Waals surface area (Å²) in [7, 11) is 0. The zero-order chi connectivity index (χ0) is 22.0. The van der Waals surface area contributed by atoms with E-state index in [9.17, 15) is 9.90 Å². The lowest BCUT2D eigenvalue weighted by molar-refractivity contribution is -0.149. The fourth-order valence-corrected chi connectivity index (χ4v) is 7.00. The number of H-pyrrole nitrogens is 1. The van der Waals surface area contributed by atoms with Crippen molar-refractivity contribution in [3.8, 4) is 5.75 Å². The van der Waals surface area contributed by atoms with Crippen LogP contribution in [-0.4, -0.2) is 44.7 Å². The molecule has 5 unspecified atom stereocenters. The number of aromatic nitrogens is 1. The molecule has 2 aliphatic heterocycles. The highest BCUT2D eigenvalue weighted by Gasteiger charge is 2.56. The Labute approximate surface area is 185 Å². The Balaban J connectivity index is 1.39. The highest BCUT2D eigenvalue weighted by molar-refractivity contribution is 5.90. The Hall–Kier alpha value is -2.01. The van der Waals surface area contributed by atoms with Gasteiger partial charge in [0.1, 0.15) is 5.75 Å². The van der Waals surface area contributed by atoms with Crippen LogP contribution in [0.25, 0.3) is 10.9 Å². The van der Waals surface area contributed by atoms with E-state index in [4.69, 9.17) is 4.74 Å². The summed E-state index contributed by atoms with van der Waals surface area (Å²) in [6.07, 6.45) is 8.11. The Morgan fingerprint density at radius 3 is 2.81 bits per heavy atom. The number of hydrogen-bond acceptors (Lipinski definition) is 3. The maximum atomic E-state index is 13.6. The molecule has 2 saturated heterocycles. The number of amides is 1. The highest BCUT2D eigenvalue weighted by Crippen LogP contribution is 2.55. The van der Waals surface area contributed by atoms with Gasteiger partial charge in [-0.1, -0.05) is 19.9 Å². The van der Waals surface area contributed by atoms with Gasteiger partial charge in [0.25, 0.3) is 0 Å². The van der Waals surface area contributed by atoms with Crippen molar-refractivity contribution < 1.29 is 14.6 Å². The van der Waals surface area contributed by atoms with E-state index in [1.54, 1.807) is 0 Å². The van der Waals surface area contributed by atoms with Crippen LogP contribution in [0.15, 0.2) is 24.4 Å². The van der Waals surface area contributed by atoms with Crippen molar-refractivity contribution in [2.75, 3.05) is 0 Å². The summed E-state index contributed by atoms with van der Waals surface area (Å²) in [5, 5.41) is 12.2. The van der Waals surface area contributed by atoms with E-state index in [0.29, 0.717) is 6.42 Å². The lowest BCUT2D eigenvalue weighted by atomic mass is 9.63. The molecule has 6 rings (SSSR count). The summed E-state index contributed by atoms with van der Waals surface area (Å²) in [4.78, 5) is 19.1. The molecule has 3 heterocycles. The Kier molecular flexibility index (Phi) is 4.89. The molecule has 2 N–H and O–H groups in total. The van der Waals surface area contributed by atoms with Crippen molar-refractivity contribution in [3.05, 3.63) is 30.0 Å². The first-order valence-corrected chi connectivity index (χ1v) is 12.0. The highest BCUT2D eigenvalue weighted by atomic mass is 16.5. The van der Waals surface area contributed by atoms with E-state index in [2.05, 4.69) is 29.8 Å². The topological polar surface area (TPSA) is 65.6 Å². The van der Waals surface area contributed by atoms with E-state index in [-0.39, 0.29) is 35.4 Å². The van der Waals surface area contributed by atoms with Gasteiger partial charge in [0.15, 0.2) is 0 Å². The number of benzene rings is 1. The molecular formula is C26H36N2O3. The third kappa shape index (κ3) is 3.65. The zero-order valence-electron chi connectivity index (χ0n) is 19.3. The van der Waals surface area contributed by atoms with E-state index in [0.717, 1.165) is 60.7 Å². The van der Waals surface area contributed by atoms with Gasteiger partial charge in [0.2, 0.25) is 5.91 Å². The molecule has 5 nitrogen and oxygen atoms in total. The molecule has 2 aliphatic carbocycles. The molecule has 4 bridgehead atoms. The minimum atomic E-state index is -0.576. The van der Waals surface area contributed by atoms with Crippen molar-refractivity contribution in [3.63, 3.8) is 0 Å². The van der Waals surface area contributed by atoms with E-state index < -0.39 is 5.60 Å². The van der Waals surface area contributed by atoms with Gasteiger partial charge in [-0.05, 0) is 81.4 Å². The zero-order valence-corrected chi connectivity index (χ0v) is 19.3. The number of ether oxygens (including phenoxy) is 1. The van der Waals surface area contributed by atoms with Crippen molar-refractivity contribution in [2.45, 2.75) is 102 Å². The van der Waals surface area contributed by atoms with Crippen molar-refractivity contribution in [1.29, 1.82) is 0 Å². The monoisotopic (exact) mass is 424 g/mol. The first-order chi connectivity index (χ1) is 14.7. The van der Waals surface area contributed by atoms with Crippen LogP contribution in [0.4, 0.5) is 0 Å². The minimum absolute atomic E-state index is 0.0929. The van der Waals surface area contributed by atoms with E-state index >= 15 is 0 Å². The van der Waals surface area contributed by atoms with Gasteiger partial charge >= 0.3 is 0 Å². The average molecular weight is 425 g/mol. The third-order valence-corrected chi connectivity index (χ3v) is 7.92. The van der Waals surface area contributed by atoms with Gasteiger partial charge in [-0.2, -0.15) is 0 Å². The second kappa shape index (κ2) is 7.26. The van der Waals surface area contributed by atoms with Gasteiger partial charge in [-0.15, -0.1) is 0 Å². The number of fused-ring (bicyclic) bond motifs is 2. The predicted molar refractivity (Wildman–Crippen MR) is 122 cm³/mol. The molecule has 4 fully saturated rings. The summed E-state index contributed by atoms with van der Waals surface area (Å²) in [5.41, 5.74) is 1.80. The second-order valence-electron chi connectivity index (χ2n) is 11.2. The van der Waals surface area contributed by atoms with Crippen LogP contribution in [0.1, 0.15) is 84.1 Å². The quantitative estimate of drug-likeness (QED) is 0.699. The van der Waals surface area contributed by atoms with Gasteiger partial charge in [-0.3, -0.25) is 4.79 Å². The molecule has 1 amide bonds. The molecular weight excluding hydrogens is 388 g/mol. The molecule has 168 valence electrons. The van der Waals surface area contributed by atoms with Gasteiger partial charge in [-0.25, -0.2) is 0 Å². The summed E-state index contributed by atoms with van der Waals surface area (Å²) in [6.45, 7) is 8.53. The minimum Gasteiger partial charge on any atom is -0.490 e. The fourth-order valence-electron chi connectivity index (χ4n) is 7.00. The van der Waals surface area contributed by atoms with Gasteiger partial charge in [0, 0.05) is 35.6 Å². The Bertz CT molecular complexity index is 992. The van der Waals surface area contributed by atoms with Crippen LogP contribution in [0.2, 0.25) is 0 Å². The standard InChI is InChI=1S/C26H36N2O3/c1-16(2)31-22-7-5-6-21-24(22)20(14-27-21)17(3)10-23(29)28-18-8-9-26(30)13-19(28)12-25(4,11-18)15-26/h5-7,14,16-19,27,30H,8-13,15H2,1-4H3. The third-order valence-electron chi connectivity index (χ3n) is 7.92. The molecule has 1 aromatic carbocycles. The maximum absolute atomic E-state index is 13.6. The van der Waals surface area contributed by atoms with Crippen LogP contribution < -0.4 is 4.74 Å². The summed E-state index contributed by atoms with van der Waals surface area (Å²) in [6, 6.07) is 6.55. The van der Waals surface area contributed by atoms with Crippen LogP contribution in [0, 0.1) is 5.41 Å². The number of rotatable bonds is 5. The number of carbonyl (C=O) groups excluding carboxylic acids is 1. The van der Waals surface area contributed by atoms with Crippen LogP contribution in [-0.2, 0) is 4.79 Å². The van der Waals surface area contributed by atoms with Gasteiger partial charge < -0.3 is 19.7 Å². The second-order valence-corrected chi connectivity index (χ2v) is 11.2. The lowest BCUT2D eigenvalue weighted by Crippen LogP contribution is -2.58. The van der Waals surface area contributed by atoms with Crippen molar-refractivity contribution >= 4 is 16.8 Å². The number of piperidine rings is 1. The number of carbonyl (C=O) groups is 1. The largest absolute Gasteiger partial charge is 0.490 e. The lowest BCUT2D eigenvalue weighted by Gasteiger charge is -2.54. The first-order valence-electron chi connectivity index (χ1n) is 12.0. The number of hydrogen-bond donors (Lipinski definition) is 2. The van der Waals surface area contributed by atoms with E-state index in [1.165, 1.54) is 0 Å². The molecule has 1 aromatic heterocycles. The summed E-state index contributed by atoms with van der Waals surface area (Å²) in [5.74, 6) is 1.22. The normalized spacial score (nSPS) is 33.2.